The molecule has 1 rings (SSSR count). The van der Waals surface area contributed by atoms with Crippen LogP contribution in [0.4, 0.5) is 0 Å². The molecule has 24 heavy (non-hydrogen) atoms. The van der Waals surface area contributed by atoms with Crippen molar-refractivity contribution in [2.75, 3.05) is 26.4 Å². The summed E-state index contributed by atoms with van der Waals surface area (Å²) in [6, 6.07) is 0. The number of unbranched alkanes of at least 4 members (excludes halogenated alkanes) is 9. The zero-order valence-corrected chi connectivity index (χ0v) is 16.1. The van der Waals surface area contributed by atoms with Crippen molar-refractivity contribution in [2.45, 2.75) is 77.6 Å². The summed E-state index contributed by atoms with van der Waals surface area (Å²) in [5.74, 6) is 0. The molecule has 6 heteroatoms. The second-order valence-corrected chi connectivity index (χ2v) is 7.27. The molecule has 5 nitrogen and oxygen atoms in total. The summed E-state index contributed by atoms with van der Waals surface area (Å²) in [4.78, 5) is 4.53. The van der Waals surface area contributed by atoms with Gasteiger partial charge >= 0.3 is 0 Å². The lowest BCUT2D eigenvalue weighted by Gasteiger charge is -2.21. The van der Waals surface area contributed by atoms with Crippen molar-refractivity contribution in [3.8, 4) is 0 Å². The summed E-state index contributed by atoms with van der Waals surface area (Å²) in [5.41, 5.74) is 0. The number of nitrogens with zero attached hydrogens (tertiary/aromatic N) is 2. The van der Waals surface area contributed by atoms with Crippen molar-refractivity contribution in [1.29, 1.82) is 0 Å². The van der Waals surface area contributed by atoms with Gasteiger partial charge in [0.05, 0.1) is 24.6 Å². The molecule has 0 aliphatic carbocycles. The van der Waals surface area contributed by atoms with Gasteiger partial charge in [0.15, 0.2) is 0 Å². The van der Waals surface area contributed by atoms with Gasteiger partial charge in [-0.2, -0.15) is 0 Å². The average Bonchev–Trinajstić information content (AvgIpc) is 3.01. The molecule has 0 aromatic carbocycles. The standard InChI is InChI=1S/C18H36N2O3S/c1-2-3-4-5-6-7-8-9-10-11-13-19-15-16-20(18-19)14-12-17-23-24(21)22/h15-16H,2-14,17-18H2,1H3,(H,21,22)/p-1. The largest absolute Gasteiger partial charge is 0.750 e. The summed E-state index contributed by atoms with van der Waals surface area (Å²) in [7, 11) is 0. The Bertz CT molecular complexity index is 353. The minimum Gasteiger partial charge on any atom is -0.750 e. The van der Waals surface area contributed by atoms with Crippen LogP contribution < -0.4 is 0 Å². The first-order valence-corrected chi connectivity index (χ1v) is 10.6. The van der Waals surface area contributed by atoms with Crippen LogP contribution in [0.15, 0.2) is 12.4 Å². The van der Waals surface area contributed by atoms with Gasteiger partial charge in [-0.1, -0.05) is 64.7 Å². The Kier molecular flexibility index (Phi) is 13.2. The molecule has 1 heterocycles. The topological polar surface area (TPSA) is 55.8 Å². The van der Waals surface area contributed by atoms with Gasteiger partial charge in [-0.25, -0.2) is 4.21 Å². The van der Waals surface area contributed by atoms with E-state index in [2.05, 4.69) is 33.3 Å². The van der Waals surface area contributed by atoms with Crippen molar-refractivity contribution in [3.05, 3.63) is 12.4 Å². The maximum absolute atomic E-state index is 10.3. The van der Waals surface area contributed by atoms with Gasteiger partial charge in [-0.3, -0.25) is 0 Å². The number of hydrogen-bond acceptors (Lipinski definition) is 5. The maximum atomic E-state index is 10.3. The predicted octanol–water partition coefficient (Wildman–Crippen LogP) is 4.15. The van der Waals surface area contributed by atoms with Gasteiger partial charge in [0.1, 0.15) is 0 Å². The van der Waals surface area contributed by atoms with Gasteiger partial charge < -0.3 is 18.5 Å². The van der Waals surface area contributed by atoms with E-state index in [9.17, 15) is 8.76 Å². The first-order chi connectivity index (χ1) is 11.7. The average molecular weight is 360 g/mol. The van der Waals surface area contributed by atoms with E-state index in [1.807, 2.05) is 0 Å². The molecule has 1 aliphatic heterocycles. The van der Waals surface area contributed by atoms with Crippen molar-refractivity contribution in [2.24, 2.45) is 0 Å². The Morgan fingerprint density at radius 1 is 0.875 bits per heavy atom. The second-order valence-electron chi connectivity index (χ2n) is 6.63. The van der Waals surface area contributed by atoms with Crippen LogP contribution in [0.5, 0.6) is 0 Å². The van der Waals surface area contributed by atoms with E-state index in [4.69, 9.17) is 0 Å². The van der Waals surface area contributed by atoms with Crippen LogP contribution >= 0.6 is 0 Å². The van der Waals surface area contributed by atoms with Gasteiger partial charge in [0, 0.05) is 25.5 Å². The van der Waals surface area contributed by atoms with Crippen LogP contribution in [0.25, 0.3) is 0 Å². The molecule has 0 fully saturated rings. The summed E-state index contributed by atoms with van der Waals surface area (Å²) in [6.07, 6.45) is 18.6. The van der Waals surface area contributed by atoms with Crippen LogP contribution in [-0.2, 0) is 15.5 Å². The summed E-state index contributed by atoms with van der Waals surface area (Å²) >= 11 is -2.38. The molecular weight excluding hydrogens is 324 g/mol. The molecule has 1 atom stereocenters. The lowest BCUT2D eigenvalue weighted by molar-refractivity contribution is 0.234. The molecule has 0 saturated carbocycles. The Hall–Kier alpha value is -0.590. The fourth-order valence-electron chi connectivity index (χ4n) is 3.00. The quantitative estimate of drug-likeness (QED) is 0.306. The van der Waals surface area contributed by atoms with E-state index in [0.29, 0.717) is 0 Å². The molecule has 1 aliphatic rings. The van der Waals surface area contributed by atoms with Gasteiger partial charge in [0.2, 0.25) is 0 Å². The van der Waals surface area contributed by atoms with Crippen LogP contribution in [0, 0.1) is 0 Å². The van der Waals surface area contributed by atoms with Gasteiger partial charge in [0.25, 0.3) is 0 Å². The number of rotatable bonds is 16. The second kappa shape index (κ2) is 14.7. The Balaban J connectivity index is 1.85. The Morgan fingerprint density at radius 2 is 1.38 bits per heavy atom. The zero-order chi connectivity index (χ0) is 17.5. The Labute approximate surface area is 150 Å². The Morgan fingerprint density at radius 3 is 1.92 bits per heavy atom. The SMILES string of the molecule is CCCCCCCCCCCCN1C=CN(CCCOS(=O)[O-])C1. The van der Waals surface area contributed by atoms with Crippen LogP contribution in [-0.4, -0.2) is 44.9 Å². The highest BCUT2D eigenvalue weighted by Gasteiger charge is 2.10. The molecule has 0 N–H and O–H groups in total. The highest BCUT2D eigenvalue weighted by atomic mass is 32.2. The molecule has 0 amide bonds. The molecule has 0 spiro atoms. The third-order valence-electron chi connectivity index (χ3n) is 4.42. The first-order valence-electron chi connectivity index (χ1n) is 9.61. The summed E-state index contributed by atoms with van der Waals surface area (Å²) in [6.45, 7) is 5.39. The molecule has 0 radical (unpaired) electrons. The monoisotopic (exact) mass is 359 g/mol. The lowest BCUT2D eigenvalue weighted by Crippen LogP contribution is -2.27. The highest BCUT2D eigenvalue weighted by Crippen LogP contribution is 2.12. The maximum Gasteiger partial charge on any atom is 0.0893 e. The first kappa shape index (κ1) is 21.5. The van der Waals surface area contributed by atoms with Crippen LogP contribution in [0.2, 0.25) is 0 Å². The third-order valence-corrected chi connectivity index (χ3v) is 4.78. The van der Waals surface area contributed by atoms with Crippen molar-refractivity contribution < 1.29 is 12.9 Å². The number of hydrogen-bond donors (Lipinski definition) is 0. The van der Waals surface area contributed by atoms with Crippen molar-refractivity contribution >= 4 is 11.4 Å². The molecule has 0 saturated heterocycles. The smallest absolute Gasteiger partial charge is 0.0893 e. The van der Waals surface area contributed by atoms with Crippen LogP contribution in [0.1, 0.15) is 77.6 Å². The minimum atomic E-state index is -2.38. The molecule has 0 bridgehead atoms. The van der Waals surface area contributed by atoms with Crippen LogP contribution in [0.3, 0.4) is 0 Å². The zero-order valence-electron chi connectivity index (χ0n) is 15.3. The van der Waals surface area contributed by atoms with E-state index in [1.54, 1.807) is 0 Å². The van der Waals surface area contributed by atoms with E-state index in [0.717, 1.165) is 26.2 Å². The predicted molar refractivity (Wildman–Crippen MR) is 98.8 cm³/mol. The van der Waals surface area contributed by atoms with Gasteiger partial charge in [-0.05, 0) is 12.8 Å². The van der Waals surface area contributed by atoms with E-state index < -0.39 is 11.4 Å². The van der Waals surface area contributed by atoms with E-state index >= 15 is 0 Å². The molecular formula is C18H35N2O3S-. The normalized spacial score (nSPS) is 15.4. The minimum absolute atomic E-state index is 0.263. The fraction of sp³-hybridized carbons (Fsp3) is 0.889. The van der Waals surface area contributed by atoms with Gasteiger partial charge in [-0.15, -0.1) is 0 Å². The summed E-state index contributed by atoms with van der Waals surface area (Å²) < 4.78 is 25.0. The fourth-order valence-corrected chi connectivity index (χ4v) is 3.26. The highest BCUT2D eigenvalue weighted by molar-refractivity contribution is 7.74. The lowest BCUT2D eigenvalue weighted by atomic mass is 10.1. The van der Waals surface area contributed by atoms with E-state index in [-0.39, 0.29) is 6.61 Å². The molecule has 142 valence electrons. The van der Waals surface area contributed by atoms with E-state index in [1.165, 1.54) is 64.2 Å². The molecule has 0 aromatic heterocycles. The molecule has 1 unspecified atom stereocenters. The summed E-state index contributed by atoms with van der Waals surface area (Å²) in [5, 5.41) is 0. The third kappa shape index (κ3) is 11.9. The van der Waals surface area contributed by atoms with Crippen molar-refractivity contribution in [1.82, 2.24) is 9.80 Å². The molecule has 0 aromatic rings. The van der Waals surface area contributed by atoms with Crippen molar-refractivity contribution in [3.63, 3.8) is 0 Å².